The van der Waals surface area contributed by atoms with E-state index in [0.29, 0.717) is 12.1 Å². The summed E-state index contributed by atoms with van der Waals surface area (Å²) in [5, 5.41) is 2.33. The van der Waals surface area contributed by atoms with Gasteiger partial charge in [0.1, 0.15) is 6.61 Å². The Morgan fingerprint density at radius 3 is 2.40 bits per heavy atom. The first kappa shape index (κ1) is 16.0. The molecule has 0 saturated carbocycles. The van der Waals surface area contributed by atoms with Crippen molar-refractivity contribution in [3.05, 3.63) is 83.9 Å². The molecule has 0 fully saturated rings. The highest BCUT2D eigenvalue weighted by Crippen LogP contribution is 2.34. The predicted molar refractivity (Wildman–Crippen MR) is 99.2 cm³/mol. The quantitative estimate of drug-likeness (QED) is 0.712. The lowest BCUT2D eigenvalue weighted by atomic mass is 9.84. The minimum Gasteiger partial charge on any atom is -0.246 e. The van der Waals surface area contributed by atoms with Crippen molar-refractivity contribution < 1.29 is 12.6 Å². The van der Waals surface area contributed by atoms with Crippen LogP contribution in [0.25, 0.3) is 10.8 Å². The molecule has 1 atom stereocenters. The molecule has 1 heterocycles. The van der Waals surface area contributed by atoms with Crippen LogP contribution in [-0.2, 0) is 14.5 Å². The maximum absolute atomic E-state index is 11.5. The average Bonchev–Trinajstić information content (AvgIpc) is 2.99. The van der Waals surface area contributed by atoms with Crippen molar-refractivity contribution in [3.63, 3.8) is 0 Å². The molecule has 4 rings (SSSR count). The number of hydrogen-bond acceptors (Lipinski definition) is 3. The number of nitrogens with zero attached hydrogens (tertiary/aromatic N) is 1. The Morgan fingerprint density at radius 1 is 0.920 bits per heavy atom. The first-order chi connectivity index (χ1) is 12.1. The Labute approximate surface area is 147 Å². The minimum absolute atomic E-state index is 0.0166. The van der Waals surface area contributed by atoms with Crippen LogP contribution in [-0.4, -0.2) is 20.7 Å². The molecule has 0 amide bonds. The van der Waals surface area contributed by atoms with Crippen LogP contribution in [0, 0.1) is 0 Å². The lowest BCUT2D eigenvalue weighted by Gasteiger charge is -2.19. The topological polar surface area (TPSA) is 55.7 Å². The average molecular weight is 351 g/mol. The van der Waals surface area contributed by atoms with E-state index in [9.17, 15) is 8.42 Å². The summed E-state index contributed by atoms with van der Waals surface area (Å²) >= 11 is 0. The maximum atomic E-state index is 11.5. The fourth-order valence-electron chi connectivity index (χ4n) is 3.33. The fraction of sp³-hybridized carbons (Fsp3) is 0.150. The first-order valence-electron chi connectivity index (χ1n) is 8.12. The van der Waals surface area contributed by atoms with E-state index < -0.39 is 10.3 Å². The second-order valence-corrected chi connectivity index (χ2v) is 7.36. The molecular formula is C20H17NO3S. The smallest absolute Gasteiger partial charge is 0.246 e. The molecule has 0 saturated heterocycles. The summed E-state index contributed by atoms with van der Waals surface area (Å²) in [6.07, 6.45) is 0.511. The van der Waals surface area contributed by atoms with Crippen LogP contribution < -0.4 is 0 Å². The van der Waals surface area contributed by atoms with Gasteiger partial charge in [-0.1, -0.05) is 72.8 Å². The van der Waals surface area contributed by atoms with Gasteiger partial charge in [0.25, 0.3) is 0 Å². The second kappa shape index (κ2) is 6.43. The van der Waals surface area contributed by atoms with Gasteiger partial charge in [-0.05, 0) is 21.9 Å². The van der Waals surface area contributed by atoms with E-state index in [4.69, 9.17) is 4.18 Å². The Balaban J connectivity index is 1.83. The van der Waals surface area contributed by atoms with E-state index in [1.54, 1.807) is 0 Å². The summed E-state index contributed by atoms with van der Waals surface area (Å²) in [4.78, 5) is 0. The molecule has 3 aromatic carbocycles. The number of fused-ring (bicyclic) bond motifs is 1. The van der Waals surface area contributed by atoms with Crippen LogP contribution in [0.3, 0.4) is 0 Å². The van der Waals surface area contributed by atoms with E-state index in [0.717, 1.165) is 16.5 Å². The van der Waals surface area contributed by atoms with Crippen molar-refractivity contribution in [2.24, 2.45) is 4.40 Å². The summed E-state index contributed by atoms with van der Waals surface area (Å²) in [5.41, 5.74) is 2.85. The maximum Gasteiger partial charge on any atom is 0.381 e. The SMILES string of the molecule is O=S1(=O)N=C(C[C@H](c2ccccc2)c2cccc3ccccc23)CO1. The van der Waals surface area contributed by atoms with Gasteiger partial charge < -0.3 is 0 Å². The van der Waals surface area contributed by atoms with Gasteiger partial charge in [-0.25, -0.2) is 4.18 Å². The normalized spacial score (nSPS) is 17.4. The zero-order valence-electron chi connectivity index (χ0n) is 13.5. The minimum atomic E-state index is -3.76. The van der Waals surface area contributed by atoms with E-state index in [2.05, 4.69) is 40.8 Å². The summed E-state index contributed by atoms with van der Waals surface area (Å²) < 4.78 is 31.5. The van der Waals surface area contributed by atoms with Gasteiger partial charge >= 0.3 is 10.3 Å². The number of benzene rings is 3. The zero-order chi connectivity index (χ0) is 17.3. The van der Waals surface area contributed by atoms with Crippen molar-refractivity contribution >= 4 is 26.8 Å². The van der Waals surface area contributed by atoms with Gasteiger partial charge in [0.15, 0.2) is 0 Å². The molecule has 0 aromatic heterocycles. The van der Waals surface area contributed by atoms with Crippen molar-refractivity contribution in [2.45, 2.75) is 12.3 Å². The summed E-state index contributed by atoms with van der Waals surface area (Å²) in [7, 11) is -3.76. The molecule has 0 N–H and O–H groups in total. The largest absolute Gasteiger partial charge is 0.381 e. The van der Waals surface area contributed by atoms with Crippen LogP contribution in [0.2, 0.25) is 0 Å². The van der Waals surface area contributed by atoms with Crippen molar-refractivity contribution in [3.8, 4) is 0 Å². The highest BCUT2D eigenvalue weighted by molar-refractivity contribution is 7.85. The van der Waals surface area contributed by atoms with E-state index in [-0.39, 0.29) is 12.5 Å². The van der Waals surface area contributed by atoms with Gasteiger partial charge in [-0.3, -0.25) is 0 Å². The molecule has 25 heavy (non-hydrogen) atoms. The summed E-state index contributed by atoms with van der Waals surface area (Å²) in [6.45, 7) is 0.0381. The molecule has 0 aliphatic carbocycles. The lowest BCUT2D eigenvalue weighted by Crippen LogP contribution is -2.10. The lowest BCUT2D eigenvalue weighted by molar-refractivity contribution is 0.380. The highest BCUT2D eigenvalue weighted by atomic mass is 32.2. The van der Waals surface area contributed by atoms with Crippen molar-refractivity contribution in [2.75, 3.05) is 6.61 Å². The highest BCUT2D eigenvalue weighted by Gasteiger charge is 2.26. The van der Waals surface area contributed by atoms with E-state index in [1.165, 1.54) is 5.39 Å². The molecule has 0 spiro atoms. The van der Waals surface area contributed by atoms with Crippen LogP contribution in [0.15, 0.2) is 77.2 Å². The van der Waals surface area contributed by atoms with Crippen molar-refractivity contribution in [1.82, 2.24) is 0 Å². The van der Waals surface area contributed by atoms with Gasteiger partial charge in [0, 0.05) is 12.3 Å². The summed E-state index contributed by atoms with van der Waals surface area (Å²) in [6, 6.07) is 24.6. The summed E-state index contributed by atoms with van der Waals surface area (Å²) in [5.74, 6) is 0.0166. The molecule has 0 unspecified atom stereocenters. The molecule has 1 aliphatic heterocycles. The Kier molecular flexibility index (Phi) is 4.11. The van der Waals surface area contributed by atoms with Crippen LogP contribution in [0.4, 0.5) is 0 Å². The molecular weight excluding hydrogens is 334 g/mol. The van der Waals surface area contributed by atoms with Gasteiger partial charge in [-0.15, -0.1) is 4.40 Å². The van der Waals surface area contributed by atoms with E-state index in [1.807, 2.05) is 36.4 Å². The van der Waals surface area contributed by atoms with Crippen LogP contribution >= 0.6 is 0 Å². The van der Waals surface area contributed by atoms with E-state index >= 15 is 0 Å². The second-order valence-electron chi connectivity index (χ2n) is 6.08. The molecule has 126 valence electrons. The molecule has 5 heteroatoms. The van der Waals surface area contributed by atoms with Gasteiger partial charge in [0.05, 0.1) is 5.71 Å². The zero-order valence-corrected chi connectivity index (χ0v) is 14.3. The van der Waals surface area contributed by atoms with Crippen LogP contribution in [0.5, 0.6) is 0 Å². The van der Waals surface area contributed by atoms with Crippen molar-refractivity contribution in [1.29, 1.82) is 0 Å². The Morgan fingerprint density at radius 2 is 1.64 bits per heavy atom. The molecule has 4 nitrogen and oxygen atoms in total. The first-order valence-corrected chi connectivity index (χ1v) is 9.48. The van der Waals surface area contributed by atoms with Crippen LogP contribution in [0.1, 0.15) is 23.5 Å². The molecule has 0 bridgehead atoms. The number of rotatable bonds is 4. The molecule has 0 radical (unpaired) electrons. The third-order valence-electron chi connectivity index (χ3n) is 4.46. The Hall–Kier alpha value is -2.50. The standard InChI is InChI=1S/C20H17NO3S/c22-25(23)21-17(14-24-25)13-20(16-7-2-1-3-8-16)19-12-6-10-15-9-4-5-11-18(15)19/h1-12,20H,13-14H2/t20-/m1/s1. The third-order valence-corrected chi connectivity index (χ3v) is 5.35. The predicted octanol–water partition coefficient (Wildman–Crippen LogP) is 4.08. The molecule has 3 aromatic rings. The number of hydrogen-bond donors (Lipinski definition) is 0. The third kappa shape index (κ3) is 3.34. The fourth-order valence-corrected chi connectivity index (χ4v) is 4.11. The monoisotopic (exact) mass is 351 g/mol. The van der Waals surface area contributed by atoms with Gasteiger partial charge in [0.2, 0.25) is 0 Å². The Bertz CT molecular complexity index is 1040. The van der Waals surface area contributed by atoms with Gasteiger partial charge in [-0.2, -0.15) is 8.42 Å². The molecule has 1 aliphatic rings.